The molecule has 1 fully saturated rings. The molecule has 1 nitrogen and oxygen atoms in total. The summed E-state index contributed by atoms with van der Waals surface area (Å²) in [6.45, 7) is 16.0. The van der Waals surface area contributed by atoms with Gasteiger partial charge >= 0.3 is 0 Å². The van der Waals surface area contributed by atoms with Crippen LogP contribution in [0.5, 0.6) is 0 Å². The van der Waals surface area contributed by atoms with E-state index in [1.807, 2.05) is 0 Å². The lowest BCUT2D eigenvalue weighted by atomic mass is 9.73. The maximum atomic E-state index is 3.90. The Morgan fingerprint density at radius 2 is 1.79 bits per heavy atom. The highest BCUT2D eigenvalue weighted by atomic mass is 15.1. The molecule has 110 valence electrons. The van der Waals surface area contributed by atoms with Gasteiger partial charge in [-0.15, -0.1) is 0 Å². The standard InChI is InChI=1S/C18H33N/c1-8-12-14(10-3)16-15(11-4)18(6,7)19-17(16)13(5)9-2/h9-10,15-17,19H,8,11-12H2,1-7H3/b13-9?,14-10+. The average molecular weight is 263 g/mol. The summed E-state index contributed by atoms with van der Waals surface area (Å²) in [6.07, 6.45) is 8.38. The van der Waals surface area contributed by atoms with Gasteiger partial charge in [-0.05, 0) is 47.0 Å². The Hall–Kier alpha value is -0.560. The van der Waals surface area contributed by atoms with Crippen LogP contribution in [0.4, 0.5) is 0 Å². The van der Waals surface area contributed by atoms with Gasteiger partial charge in [-0.25, -0.2) is 0 Å². The molecule has 19 heavy (non-hydrogen) atoms. The molecule has 1 rings (SSSR count). The highest BCUT2D eigenvalue weighted by molar-refractivity contribution is 5.26. The summed E-state index contributed by atoms with van der Waals surface area (Å²) >= 11 is 0. The number of nitrogens with one attached hydrogen (secondary N) is 1. The van der Waals surface area contributed by atoms with Gasteiger partial charge in [0.1, 0.15) is 0 Å². The first-order valence-electron chi connectivity index (χ1n) is 7.98. The fourth-order valence-corrected chi connectivity index (χ4v) is 3.88. The molecule has 0 amide bonds. The third-order valence-electron chi connectivity index (χ3n) is 4.97. The van der Waals surface area contributed by atoms with Crippen molar-refractivity contribution in [3.05, 3.63) is 23.3 Å². The first kappa shape index (κ1) is 16.5. The monoisotopic (exact) mass is 263 g/mol. The first-order chi connectivity index (χ1) is 8.92. The Morgan fingerprint density at radius 3 is 2.21 bits per heavy atom. The molecule has 3 atom stereocenters. The molecule has 0 radical (unpaired) electrons. The zero-order chi connectivity index (χ0) is 14.6. The molecule has 1 heterocycles. The molecule has 0 aromatic heterocycles. The van der Waals surface area contributed by atoms with E-state index in [1.165, 1.54) is 24.8 Å². The Balaban J connectivity index is 3.17. The summed E-state index contributed by atoms with van der Waals surface area (Å²) in [5, 5.41) is 3.90. The molecule has 1 aliphatic rings. The van der Waals surface area contributed by atoms with Gasteiger partial charge in [0.25, 0.3) is 0 Å². The van der Waals surface area contributed by atoms with Crippen LogP contribution < -0.4 is 5.32 Å². The molecule has 0 saturated carbocycles. The molecule has 0 bridgehead atoms. The van der Waals surface area contributed by atoms with Gasteiger partial charge in [-0.3, -0.25) is 0 Å². The average Bonchev–Trinajstić information content (AvgIpc) is 2.65. The second kappa shape index (κ2) is 6.74. The van der Waals surface area contributed by atoms with Crippen LogP contribution in [0, 0.1) is 11.8 Å². The SMILES string of the molecule is CC=C(C)C1NC(C)(C)C(CC)C1/C(=C/C)CCC. The molecule has 1 N–H and O–H groups in total. The van der Waals surface area contributed by atoms with Crippen molar-refractivity contribution >= 4 is 0 Å². The zero-order valence-electron chi connectivity index (χ0n) is 14.0. The second-order valence-electron chi connectivity index (χ2n) is 6.53. The van der Waals surface area contributed by atoms with Crippen LogP contribution in [0.25, 0.3) is 0 Å². The van der Waals surface area contributed by atoms with Crippen LogP contribution >= 0.6 is 0 Å². The van der Waals surface area contributed by atoms with Crippen molar-refractivity contribution in [1.82, 2.24) is 5.32 Å². The van der Waals surface area contributed by atoms with Crippen molar-refractivity contribution in [3.8, 4) is 0 Å². The van der Waals surface area contributed by atoms with Gasteiger partial charge in [0, 0.05) is 17.5 Å². The van der Waals surface area contributed by atoms with Crippen LogP contribution in [-0.2, 0) is 0 Å². The minimum atomic E-state index is 0.232. The first-order valence-corrected chi connectivity index (χ1v) is 7.98. The molecule has 0 aromatic rings. The van der Waals surface area contributed by atoms with Gasteiger partial charge in [-0.2, -0.15) is 0 Å². The molecular weight excluding hydrogens is 230 g/mol. The molecular formula is C18H33N. The third-order valence-corrected chi connectivity index (χ3v) is 4.97. The molecule has 3 unspecified atom stereocenters. The number of hydrogen-bond donors (Lipinski definition) is 1. The van der Waals surface area contributed by atoms with Crippen molar-refractivity contribution in [2.24, 2.45) is 11.8 Å². The van der Waals surface area contributed by atoms with Crippen LogP contribution in [0.3, 0.4) is 0 Å². The summed E-state index contributed by atoms with van der Waals surface area (Å²) in [5.74, 6) is 1.39. The van der Waals surface area contributed by atoms with Crippen LogP contribution in [0.2, 0.25) is 0 Å². The number of rotatable bonds is 5. The highest BCUT2D eigenvalue weighted by Crippen LogP contribution is 2.44. The molecule has 0 aromatic carbocycles. The van der Waals surface area contributed by atoms with Gasteiger partial charge in [-0.1, -0.05) is 50.0 Å². The Labute approximate surface area is 120 Å². The maximum Gasteiger partial charge on any atom is 0.0350 e. The van der Waals surface area contributed by atoms with Gasteiger partial charge in [0.05, 0.1) is 0 Å². The largest absolute Gasteiger partial charge is 0.304 e. The molecule has 0 spiro atoms. The lowest BCUT2D eigenvalue weighted by Gasteiger charge is -2.30. The summed E-state index contributed by atoms with van der Waals surface area (Å²) in [6, 6.07) is 0.516. The van der Waals surface area contributed by atoms with Crippen LogP contribution in [0.15, 0.2) is 23.3 Å². The summed E-state index contributed by atoms with van der Waals surface area (Å²) in [7, 11) is 0. The van der Waals surface area contributed by atoms with Crippen LogP contribution in [-0.4, -0.2) is 11.6 Å². The van der Waals surface area contributed by atoms with Gasteiger partial charge < -0.3 is 5.32 Å². The van der Waals surface area contributed by atoms with E-state index in [1.54, 1.807) is 5.57 Å². The van der Waals surface area contributed by atoms with Crippen molar-refractivity contribution in [1.29, 1.82) is 0 Å². The van der Waals surface area contributed by atoms with Crippen LogP contribution in [0.1, 0.15) is 67.7 Å². The van der Waals surface area contributed by atoms with E-state index in [2.05, 4.69) is 65.9 Å². The van der Waals surface area contributed by atoms with E-state index in [9.17, 15) is 0 Å². The lowest BCUT2D eigenvalue weighted by Crippen LogP contribution is -2.41. The highest BCUT2D eigenvalue weighted by Gasteiger charge is 2.47. The fourth-order valence-electron chi connectivity index (χ4n) is 3.88. The molecule has 1 saturated heterocycles. The topological polar surface area (TPSA) is 12.0 Å². The normalized spacial score (nSPS) is 31.8. The maximum absolute atomic E-state index is 3.90. The smallest absolute Gasteiger partial charge is 0.0350 e. The van der Waals surface area contributed by atoms with E-state index < -0.39 is 0 Å². The van der Waals surface area contributed by atoms with Gasteiger partial charge in [0.2, 0.25) is 0 Å². The summed E-state index contributed by atoms with van der Waals surface area (Å²) < 4.78 is 0. The molecule has 1 aliphatic heterocycles. The summed E-state index contributed by atoms with van der Waals surface area (Å²) in [5.41, 5.74) is 3.37. The van der Waals surface area contributed by atoms with Crippen molar-refractivity contribution in [3.63, 3.8) is 0 Å². The Morgan fingerprint density at radius 1 is 1.16 bits per heavy atom. The number of allylic oxidation sites excluding steroid dienone is 2. The van der Waals surface area contributed by atoms with Crippen molar-refractivity contribution in [2.45, 2.75) is 79.3 Å². The predicted molar refractivity (Wildman–Crippen MR) is 86.4 cm³/mol. The number of hydrogen-bond acceptors (Lipinski definition) is 1. The van der Waals surface area contributed by atoms with E-state index in [0.717, 1.165) is 5.92 Å². The molecule has 0 aliphatic carbocycles. The van der Waals surface area contributed by atoms with E-state index >= 15 is 0 Å². The summed E-state index contributed by atoms with van der Waals surface area (Å²) in [4.78, 5) is 0. The predicted octanol–water partition coefficient (Wildman–Crippen LogP) is 5.09. The molecule has 1 heteroatoms. The lowest BCUT2D eigenvalue weighted by molar-refractivity contribution is 0.291. The van der Waals surface area contributed by atoms with Gasteiger partial charge in [0.15, 0.2) is 0 Å². The van der Waals surface area contributed by atoms with E-state index in [-0.39, 0.29) is 5.54 Å². The minimum Gasteiger partial charge on any atom is -0.304 e. The van der Waals surface area contributed by atoms with Crippen molar-refractivity contribution < 1.29 is 0 Å². The minimum absolute atomic E-state index is 0.232. The van der Waals surface area contributed by atoms with E-state index in [0.29, 0.717) is 12.0 Å². The fraction of sp³-hybridized carbons (Fsp3) is 0.778. The van der Waals surface area contributed by atoms with Crippen molar-refractivity contribution in [2.75, 3.05) is 0 Å². The Bertz CT molecular complexity index is 349. The second-order valence-corrected chi connectivity index (χ2v) is 6.53. The van der Waals surface area contributed by atoms with E-state index in [4.69, 9.17) is 0 Å². The third kappa shape index (κ3) is 3.31. The zero-order valence-corrected chi connectivity index (χ0v) is 14.0. The Kier molecular flexibility index (Phi) is 5.85. The quantitative estimate of drug-likeness (QED) is 0.681.